The Kier molecular flexibility index (Phi) is 1.90. The average Bonchev–Trinajstić information content (AvgIpc) is 2.29. The van der Waals surface area contributed by atoms with E-state index in [4.69, 9.17) is 0 Å². The molecule has 0 fully saturated rings. The molecule has 1 aliphatic carbocycles. The molecule has 0 heterocycles. The summed E-state index contributed by atoms with van der Waals surface area (Å²) in [5, 5.41) is 20.1. The van der Waals surface area contributed by atoms with Crippen molar-refractivity contribution in [2.45, 2.75) is 12.2 Å². The van der Waals surface area contributed by atoms with Gasteiger partial charge in [-0.15, -0.1) is 0 Å². The minimum Gasteiger partial charge on any atom is -0.362 e. The van der Waals surface area contributed by atoms with Crippen LogP contribution in [-0.2, 0) is 12.2 Å². The molecule has 0 aliphatic heterocycles. The van der Waals surface area contributed by atoms with Crippen LogP contribution in [0.3, 0.4) is 0 Å². The topological polar surface area (TPSA) is 40.5 Å². The second-order valence-corrected chi connectivity index (χ2v) is 4.20. The lowest BCUT2D eigenvalue weighted by atomic mass is 9.82. The summed E-state index contributed by atoms with van der Waals surface area (Å²) in [6.45, 7) is 0. The smallest absolute Gasteiger partial charge is 0.194 e. The van der Waals surface area contributed by atoms with E-state index in [9.17, 15) is 10.2 Å². The van der Waals surface area contributed by atoms with E-state index in [1.165, 1.54) is 0 Å². The Balaban J connectivity index is 2.33. The van der Waals surface area contributed by atoms with Crippen molar-refractivity contribution in [1.29, 1.82) is 0 Å². The molecule has 0 saturated heterocycles. The van der Waals surface area contributed by atoms with E-state index in [-0.39, 0.29) is 6.42 Å². The summed E-state index contributed by atoms with van der Waals surface area (Å²) in [5.74, 6) is -1.75. The molecule has 2 heteroatoms. The van der Waals surface area contributed by atoms with Gasteiger partial charge in [-0.1, -0.05) is 48.5 Å². The second-order valence-electron chi connectivity index (χ2n) is 4.20. The molecule has 2 N–H and O–H groups in total. The summed E-state index contributed by atoms with van der Waals surface area (Å²) in [6.07, 6.45) is 0.250. The predicted molar refractivity (Wildman–Crippen MR) is 61.7 cm³/mol. The van der Waals surface area contributed by atoms with E-state index < -0.39 is 5.79 Å². The maximum absolute atomic E-state index is 10.0. The molecule has 0 bridgehead atoms. The van der Waals surface area contributed by atoms with Gasteiger partial charge in [-0.2, -0.15) is 0 Å². The van der Waals surface area contributed by atoms with Gasteiger partial charge < -0.3 is 10.2 Å². The van der Waals surface area contributed by atoms with E-state index in [1.807, 2.05) is 42.5 Å². The van der Waals surface area contributed by atoms with Gasteiger partial charge in [0.1, 0.15) is 0 Å². The lowest BCUT2D eigenvalue weighted by Crippen LogP contribution is -2.31. The molecule has 2 aromatic rings. The van der Waals surface area contributed by atoms with Crippen molar-refractivity contribution in [2.24, 2.45) is 0 Å². The number of rotatable bonds is 0. The largest absolute Gasteiger partial charge is 0.362 e. The standard InChI is InChI=1S/C14H12O2/c15-14(16)9-10-5-1-2-6-11(10)12-7-3-4-8-13(12)14/h1-8,15-16H,9H2. The van der Waals surface area contributed by atoms with Crippen LogP contribution in [0.25, 0.3) is 11.1 Å². The molecular formula is C14H12O2. The quantitative estimate of drug-likeness (QED) is 0.656. The number of aliphatic hydroxyl groups is 2. The first kappa shape index (κ1) is 9.58. The molecule has 16 heavy (non-hydrogen) atoms. The van der Waals surface area contributed by atoms with Crippen LogP contribution < -0.4 is 0 Å². The highest BCUT2D eigenvalue weighted by molar-refractivity contribution is 5.74. The van der Waals surface area contributed by atoms with Crippen LogP contribution in [0.5, 0.6) is 0 Å². The molecule has 3 rings (SSSR count). The summed E-state index contributed by atoms with van der Waals surface area (Å²) in [5.41, 5.74) is 3.58. The number of benzene rings is 2. The number of hydrogen-bond donors (Lipinski definition) is 2. The fraction of sp³-hybridized carbons (Fsp3) is 0.143. The Morgan fingerprint density at radius 1 is 0.812 bits per heavy atom. The Morgan fingerprint density at radius 2 is 1.44 bits per heavy atom. The SMILES string of the molecule is OC1(O)Cc2ccccc2-c2ccccc21. The Bertz CT molecular complexity index is 544. The van der Waals surface area contributed by atoms with Crippen LogP contribution in [0.2, 0.25) is 0 Å². The minimum atomic E-state index is -1.75. The van der Waals surface area contributed by atoms with Crippen LogP contribution >= 0.6 is 0 Å². The molecule has 2 nitrogen and oxygen atoms in total. The molecule has 0 radical (unpaired) electrons. The third kappa shape index (κ3) is 1.28. The van der Waals surface area contributed by atoms with Crippen molar-refractivity contribution >= 4 is 0 Å². The van der Waals surface area contributed by atoms with Crippen molar-refractivity contribution < 1.29 is 10.2 Å². The maximum Gasteiger partial charge on any atom is 0.194 e. The highest BCUT2D eigenvalue weighted by atomic mass is 16.5. The summed E-state index contributed by atoms with van der Waals surface area (Å²) < 4.78 is 0. The van der Waals surface area contributed by atoms with E-state index in [2.05, 4.69) is 0 Å². The first-order valence-corrected chi connectivity index (χ1v) is 5.31. The zero-order valence-corrected chi connectivity index (χ0v) is 8.72. The van der Waals surface area contributed by atoms with Crippen molar-refractivity contribution in [3.63, 3.8) is 0 Å². The van der Waals surface area contributed by atoms with E-state index >= 15 is 0 Å². The Morgan fingerprint density at radius 3 is 2.25 bits per heavy atom. The van der Waals surface area contributed by atoms with Crippen molar-refractivity contribution in [3.8, 4) is 11.1 Å². The van der Waals surface area contributed by atoms with Crippen LogP contribution in [0.4, 0.5) is 0 Å². The van der Waals surface area contributed by atoms with Crippen molar-refractivity contribution in [2.75, 3.05) is 0 Å². The van der Waals surface area contributed by atoms with Gasteiger partial charge in [-0.25, -0.2) is 0 Å². The lowest BCUT2D eigenvalue weighted by molar-refractivity contribution is -0.168. The Labute approximate surface area is 93.8 Å². The zero-order chi connectivity index (χ0) is 11.2. The molecule has 2 aromatic carbocycles. The molecule has 0 spiro atoms. The first-order valence-electron chi connectivity index (χ1n) is 5.31. The molecule has 0 amide bonds. The molecular weight excluding hydrogens is 200 g/mol. The van der Waals surface area contributed by atoms with Gasteiger partial charge >= 0.3 is 0 Å². The monoisotopic (exact) mass is 212 g/mol. The fourth-order valence-electron chi connectivity index (χ4n) is 2.37. The van der Waals surface area contributed by atoms with Gasteiger partial charge in [-0.3, -0.25) is 0 Å². The maximum atomic E-state index is 10.0. The molecule has 80 valence electrons. The van der Waals surface area contributed by atoms with Gasteiger partial charge in [0.15, 0.2) is 5.79 Å². The summed E-state index contributed by atoms with van der Waals surface area (Å²) in [6, 6.07) is 15.3. The van der Waals surface area contributed by atoms with Gasteiger partial charge in [0.2, 0.25) is 0 Å². The lowest BCUT2D eigenvalue weighted by Gasteiger charge is -2.31. The van der Waals surface area contributed by atoms with E-state index in [0.717, 1.165) is 16.7 Å². The van der Waals surface area contributed by atoms with Crippen molar-refractivity contribution in [3.05, 3.63) is 59.7 Å². The number of hydrogen-bond acceptors (Lipinski definition) is 2. The summed E-state index contributed by atoms with van der Waals surface area (Å²) in [7, 11) is 0. The van der Waals surface area contributed by atoms with Gasteiger partial charge in [0.05, 0.1) is 0 Å². The zero-order valence-electron chi connectivity index (χ0n) is 8.72. The molecule has 1 aliphatic rings. The van der Waals surface area contributed by atoms with Crippen molar-refractivity contribution in [1.82, 2.24) is 0 Å². The van der Waals surface area contributed by atoms with Gasteiger partial charge in [0.25, 0.3) is 0 Å². The van der Waals surface area contributed by atoms with Crippen LogP contribution in [0.1, 0.15) is 11.1 Å². The molecule has 0 aromatic heterocycles. The highest BCUT2D eigenvalue weighted by Gasteiger charge is 2.34. The third-order valence-corrected chi connectivity index (χ3v) is 3.10. The first-order chi connectivity index (χ1) is 7.68. The van der Waals surface area contributed by atoms with Crippen LogP contribution in [0, 0.1) is 0 Å². The highest BCUT2D eigenvalue weighted by Crippen LogP contribution is 2.40. The minimum absolute atomic E-state index is 0.250. The normalized spacial score (nSPS) is 16.4. The molecule has 0 saturated carbocycles. The van der Waals surface area contributed by atoms with Gasteiger partial charge in [0, 0.05) is 12.0 Å². The summed E-state index contributed by atoms with van der Waals surface area (Å²) in [4.78, 5) is 0. The van der Waals surface area contributed by atoms with E-state index in [1.54, 1.807) is 6.07 Å². The third-order valence-electron chi connectivity index (χ3n) is 3.10. The Hall–Kier alpha value is -1.64. The fourth-order valence-corrected chi connectivity index (χ4v) is 2.37. The average molecular weight is 212 g/mol. The number of fused-ring (bicyclic) bond motifs is 3. The molecule has 0 unspecified atom stereocenters. The van der Waals surface area contributed by atoms with Gasteiger partial charge in [-0.05, 0) is 16.7 Å². The predicted octanol–water partition coefficient (Wildman–Crippen LogP) is 2.05. The summed E-state index contributed by atoms with van der Waals surface area (Å²) >= 11 is 0. The van der Waals surface area contributed by atoms with Crippen LogP contribution in [0.15, 0.2) is 48.5 Å². The van der Waals surface area contributed by atoms with Crippen LogP contribution in [-0.4, -0.2) is 10.2 Å². The second kappa shape index (κ2) is 3.17. The molecule has 0 atom stereocenters. The van der Waals surface area contributed by atoms with E-state index in [0.29, 0.717) is 5.56 Å².